The van der Waals surface area contributed by atoms with Gasteiger partial charge in [0, 0.05) is 19.0 Å². The number of fused-ring (bicyclic) bond motifs is 1. The van der Waals surface area contributed by atoms with Crippen molar-refractivity contribution in [2.75, 3.05) is 26.7 Å². The van der Waals surface area contributed by atoms with Crippen LogP contribution in [0.5, 0.6) is 0 Å². The van der Waals surface area contributed by atoms with Crippen LogP contribution in [0.1, 0.15) is 23.3 Å². The van der Waals surface area contributed by atoms with Crippen molar-refractivity contribution >= 4 is 28.6 Å². The molecule has 1 aliphatic heterocycles. The number of pyridine rings is 1. The first kappa shape index (κ1) is 19.5. The maximum atomic E-state index is 12.5. The highest BCUT2D eigenvalue weighted by Gasteiger charge is 2.33. The van der Waals surface area contributed by atoms with Gasteiger partial charge in [-0.25, -0.2) is 9.78 Å². The average Bonchev–Trinajstić information content (AvgIpc) is 3.21. The molecule has 0 saturated carbocycles. The molecule has 1 aliphatic rings. The molecule has 7 heteroatoms. The number of nitrogens with zero attached hydrogens (tertiary/aromatic N) is 3. The van der Waals surface area contributed by atoms with Crippen LogP contribution in [0.2, 0.25) is 0 Å². The number of aliphatic imine (C=N–C) groups is 1. The van der Waals surface area contributed by atoms with E-state index in [2.05, 4.69) is 21.9 Å². The molecule has 2 heterocycles. The summed E-state index contributed by atoms with van der Waals surface area (Å²) in [6, 6.07) is 10.8. The minimum Gasteiger partial charge on any atom is -0.460 e. The summed E-state index contributed by atoms with van der Waals surface area (Å²) in [7, 11) is 1.65. The third-order valence-electron chi connectivity index (χ3n) is 4.70. The van der Waals surface area contributed by atoms with Gasteiger partial charge in [-0.05, 0) is 25.0 Å². The number of carbonyl (C=O) groups is 2. The average molecular weight is 380 g/mol. The summed E-state index contributed by atoms with van der Waals surface area (Å²) in [6.45, 7) is 4.66. The summed E-state index contributed by atoms with van der Waals surface area (Å²) in [4.78, 5) is 35.4. The third-order valence-corrected chi connectivity index (χ3v) is 4.70. The summed E-state index contributed by atoms with van der Waals surface area (Å²) < 4.78 is 5.18. The number of esters is 1. The van der Waals surface area contributed by atoms with Crippen LogP contribution >= 0.6 is 0 Å². The van der Waals surface area contributed by atoms with Crippen molar-refractivity contribution in [3.63, 3.8) is 0 Å². The molecule has 0 spiro atoms. The second-order valence-corrected chi connectivity index (χ2v) is 6.48. The fourth-order valence-corrected chi connectivity index (χ4v) is 3.31. The second-order valence-electron chi connectivity index (χ2n) is 6.48. The van der Waals surface area contributed by atoms with Crippen LogP contribution in [0.15, 0.2) is 54.0 Å². The van der Waals surface area contributed by atoms with E-state index in [9.17, 15) is 9.59 Å². The number of amidine groups is 1. The SMILES string of the molecule is C=CCOC(=O)[C@H]1CCCN1C(CNC(=O)c1ccc2ccccc2n1)=NC. The van der Waals surface area contributed by atoms with E-state index in [0.29, 0.717) is 24.5 Å². The predicted octanol–water partition coefficient (Wildman–Crippen LogP) is 2.19. The number of carbonyl (C=O) groups excluding carboxylic acids is 2. The molecule has 3 rings (SSSR count). The minimum absolute atomic E-state index is 0.187. The van der Waals surface area contributed by atoms with Gasteiger partial charge in [-0.1, -0.05) is 36.9 Å². The van der Waals surface area contributed by atoms with Gasteiger partial charge in [-0.2, -0.15) is 0 Å². The standard InChI is InChI=1S/C21H24N4O3/c1-3-13-28-21(27)18-9-6-12-25(18)19(22-2)14-23-20(26)17-11-10-15-7-4-5-8-16(15)24-17/h3-5,7-8,10-11,18H,1,6,9,12-14H2,2H3,(H,23,26)/t18-/m1/s1. The highest BCUT2D eigenvalue weighted by molar-refractivity contribution is 5.98. The number of ether oxygens (including phenoxy) is 1. The Bertz CT molecular complexity index is 909. The molecule has 0 unspecified atom stereocenters. The summed E-state index contributed by atoms with van der Waals surface area (Å²) in [5, 5.41) is 3.83. The Hall–Kier alpha value is -3.22. The van der Waals surface area contributed by atoms with Gasteiger partial charge in [0.25, 0.3) is 5.91 Å². The van der Waals surface area contributed by atoms with Crippen molar-refractivity contribution in [2.45, 2.75) is 18.9 Å². The van der Waals surface area contributed by atoms with Gasteiger partial charge in [0.15, 0.2) is 0 Å². The molecule has 1 fully saturated rings. The number of likely N-dealkylation sites (tertiary alicyclic amines) is 1. The molecule has 1 saturated heterocycles. The van der Waals surface area contributed by atoms with Gasteiger partial charge < -0.3 is 15.0 Å². The van der Waals surface area contributed by atoms with Gasteiger partial charge in [0.05, 0.1) is 12.1 Å². The Morgan fingerprint density at radius 3 is 2.96 bits per heavy atom. The first-order chi connectivity index (χ1) is 13.6. The number of hydrogen-bond acceptors (Lipinski definition) is 5. The molecule has 1 N–H and O–H groups in total. The van der Waals surface area contributed by atoms with E-state index in [-0.39, 0.29) is 31.1 Å². The normalized spacial score (nSPS) is 16.8. The van der Waals surface area contributed by atoms with Crippen LogP contribution in [-0.2, 0) is 9.53 Å². The number of hydrogen-bond donors (Lipinski definition) is 1. The quantitative estimate of drug-likeness (QED) is 0.359. The lowest BCUT2D eigenvalue weighted by molar-refractivity contribution is -0.146. The molecule has 0 radical (unpaired) electrons. The van der Waals surface area contributed by atoms with Crippen molar-refractivity contribution in [1.82, 2.24) is 15.2 Å². The summed E-state index contributed by atoms with van der Waals surface area (Å²) >= 11 is 0. The van der Waals surface area contributed by atoms with Crippen molar-refractivity contribution in [1.29, 1.82) is 0 Å². The first-order valence-electron chi connectivity index (χ1n) is 9.28. The molecule has 0 aliphatic carbocycles. The Morgan fingerprint density at radius 2 is 2.18 bits per heavy atom. The smallest absolute Gasteiger partial charge is 0.329 e. The van der Waals surface area contributed by atoms with Crippen LogP contribution in [0, 0.1) is 0 Å². The number of nitrogens with one attached hydrogen (secondary N) is 1. The number of amides is 1. The molecule has 2 aromatic rings. The van der Waals surface area contributed by atoms with Crippen LogP contribution in [0.4, 0.5) is 0 Å². The van der Waals surface area contributed by atoms with Crippen molar-refractivity contribution in [3.8, 4) is 0 Å². The van der Waals surface area contributed by atoms with Gasteiger partial charge in [-0.15, -0.1) is 0 Å². The maximum Gasteiger partial charge on any atom is 0.329 e. The lowest BCUT2D eigenvalue weighted by Crippen LogP contribution is -2.46. The highest BCUT2D eigenvalue weighted by Crippen LogP contribution is 2.19. The molecular weight excluding hydrogens is 356 g/mol. The zero-order valence-electron chi connectivity index (χ0n) is 15.9. The molecule has 1 aromatic carbocycles. The van der Waals surface area contributed by atoms with Crippen molar-refractivity contribution in [3.05, 3.63) is 54.7 Å². The molecule has 7 nitrogen and oxygen atoms in total. The first-order valence-corrected chi connectivity index (χ1v) is 9.28. The zero-order valence-corrected chi connectivity index (χ0v) is 15.9. The zero-order chi connectivity index (χ0) is 19.9. The number of benzene rings is 1. The molecular formula is C21H24N4O3. The lowest BCUT2D eigenvalue weighted by Gasteiger charge is -2.26. The Labute approximate surface area is 164 Å². The molecule has 0 bridgehead atoms. The minimum atomic E-state index is -0.380. The van der Waals surface area contributed by atoms with E-state index in [1.807, 2.05) is 35.2 Å². The molecule has 1 atom stereocenters. The molecule has 28 heavy (non-hydrogen) atoms. The van der Waals surface area contributed by atoms with E-state index in [1.165, 1.54) is 0 Å². The van der Waals surface area contributed by atoms with Gasteiger partial charge in [0.1, 0.15) is 24.2 Å². The van der Waals surface area contributed by atoms with Crippen LogP contribution in [0.25, 0.3) is 10.9 Å². The van der Waals surface area contributed by atoms with E-state index >= 15 is 0 Å². The van der Waals surface area contributed by atoms with Gasteiger partial charge in [-0.3, -0.25) is 9.79 Å². The molecule has 1 amide bonds. The summed E-state index contributed by atoms with van der Waals surface area (Å²) in [6.07, 6.45) is 3.12. The number of aromatic nitrogens is 1. The fourth-order valence-electron chi connectivity index (χ4n) is 3.31. The van der Waals surface area contributed by atoms with E-state index in [0.717, 1.165) is 17.3 Å². The third kappa shape index (κ3) is 4.36. The maximum absolute atomic E-state index is 12.5. The van der Waals surface area contributed by atoms with E-state index in [4.69, 9.17) is 4.74 Å². The van der Waals surface area contributed by atoms with Crippen molar-refractivity contribution < 1.29 is 14.3 Å². The van der Waals surface area contributed by atoms with Gasteiger partial charge in [0.2, 0.25) is 0 Å². The Kier molecular flexibility index (Phi) is 6.37. The number of para-hydroxylation sites is 1. The monoisotopic (exact) mass is 380 g/mol. The predicted molar refractivity (Wildman–Crippen MR) is 108 cm³/mol. The summed E-state index contributed by atoms with van der Waals surface area (Å²) in [5.41, 5.74) is 1.11. The van der Waals surface area contributed by atoms with Crippen LogP contribution in [-0.4, -0.2) is 60.4 Å². The highest BCUT2D eigenvalue weighted by atomic mass is 16.5. The fraction of sp³-hybridized carbons (Fsp3) is 0.333. The van der Waals surface area contributed by atoms with Crippen LogP contribution < -0.4 is 5.32 Å². The largest absolute Gasteiger partial charge is 0.460 e. The van der Waals surface area contributed by atoms with Gasteiger partial charge >= 0.3 is 5.97 Å². The topological polar surface area (TPSA) is 83.9 Å². The molecule has 146 valence electrons. The lowest BCUT2D eigenvalue weighted by atomic mass is 10.2. The second kappa shape index (κ2) is 9.12. The molecule has 1 aromatic heterocycles. The van der Waals surface area contributed by atoms with E-state index < -0.39 is 0 Å². The Morgan fingerprint density at radius 1 is 1.36 bits per heavy atom. The van der Waals surface area contributed by atoms with E-state index in [1.54, 1.807) is 19.2 Å². The van der Waals surface area contributed by atoms with Crippen molar-refractivity contribution in [2.24, 2.45) is 4.99 Å². The number of rotatable bonds is 6. The van der Waals surface area contributed by atoms with Crippen LogP contribution in [0.3, 0.4) is 0 Å². The summed E-state index contributed by atoms with van der Waals surface area (Å²) in [5.74, 6) is 0.0742. The Balaban J connectivity index is 1.64.